The molecule has 19 heavy (non-hydrogen) atoms. The molecule has 100 valence electrons. The number of amides is 1. The number of benzene rings is 1. The number of hydrogen-bond acceptors (Lipinski definition) is 4. The van der Waals surface area contributed by atoms with Crippen molar-refractivity contribution in [2.45, 2.75) is 12.8 Å². The van der Waals surface area contributed by atoms with Gasteiger partial charge in [0.05, 0.1) is 15.6 Å². The lowest BCUT2D eigenvalue weighted by molar-refractivity contribution is -0.384. The number of carbonyl (C=O) groups excluding carboxylic acids is 1. The topological polar surface area (TPSA) is 84.3 Å². The van der Waals surface area contributed by atoms with Crippen LogP contribution < -0.4 is 10.6 Å². The zero-order valence-corrected chi connectivity index (χ0v) is 11.3. The summed E-state index contributed by atoms with van der Waals surface area (Å²) in [5.41, 5.74) is 0.303. The van der Waals surface area contributed by atoms with Gasteiger partial charge < -0.3 is 10.6 Å². The van der Waals surface area contributed by atoms with Crippen molar-refractivity contribution in [3.8, 4) is 0 Å². The molecule has 6 nitrogen and oxygen atoms in total. The first-order valence-electron chi connectivity index (χ1n) is 5.53. The second-order valence-electron chi connectivity index (χ2n) is 4.14. The number of nitro benzene ring substituents is 1. The molecular weight excluding hydrogens is 290 g/mol. The Morgan fingerprint density at radius 1 is 1.47 bits per heavy atom. The first kappa shape index (κ1) is 13.7. The van der Waals surface area contributed by atoms with Gasteiger partial charge in [-0.3, -0.25) is 14.9 Å². The summed E-state index contributed by atoms with van der Waals surface area (Å²) in [5.74, 6) is -0.0670. The molecule has 1 aromatic rings. The van der Waals surface area contributed by atoms with Gasteiger partial charge in [0.2, 0.25) is 5.91 Å². The molecule has 0 unspecified atom stereocenters. The molecule has 2 rings (SSSR count). The number of nitrogens with one attached hydrogen (secondary N) is 2. The van der Waals surface area contributed by atoms with Gasteiger partial charge in [0.15, 0.2) is 5.11 Å². The minimum Gasteiger partial charge on any atom is -0.331 e. The van der Waals surface area contributed by atoms with Crippen molar-refractivity contribution in [2.75, 3.05) is 5.32 Å². The number of hydrogen-bond donors (Lipinski definition) is 2. The third-order valence-corrected chi connectivity index (χ3v) is 3.11. The predicted octanol–water partition coefficient (Wildman–Crippen LogP) is 2.47. The monoisotopic (exact) mass is 299 g/mol. The highest BCUT2D eigenvalue weighted by Crippen LogP contribution is 2.29. The molecule has 0 saturated heterocycles. The van der Waals surface area contributed by atoms with Crippen molar-refractivity contribution in [1.29, 1.82) is 0 Å². The maximum Gasteiger partial charge on any atom is 0.271 e. The zero-order chi connectivity index (χ0) is 14.0. The van der Waals surface area contributed by atoms with Gasteiger partial charge in [-0.25, -0.2) is 0 Å². The number of nitro groups is 1. The standard InChI is InChI=1S/C11H10ClN3O3S/c12-8-5-7(15(17)18)3-4-9(8)13-11(19)14-10(16)6-1-2-6/h3-6H,1-2H2,(H2,13,14,16,19). The maximum atomic E-state index is 11.5. The van der Waals surface area contributed by atoms with Crippen molar-refractivity contribution in [2.24, 2.45) is 5.92 Å². The van der Waals surface area contributed by atoms with Crippen LogP contribution in [0.15, 0.2) is 18.2 Å². The van der Waals surface area contributed by atoms with Crippen molar-refractivity contribution in [3.05, 3.63) is 33.3 Å². The second-order valence-corrected chi connectivity index (χ2v) is 4.95. The van der Waals surface area contributed by atoms with E-state index in [2.05, 4.69) is 10.6 Å². The van der Waals surface area contributed by atoms with E-state index < -0.39 is 4.92 Å². The minimum atomic E-state index is -0.539. The molecule has 0 spiro atoms. The van der Waals surface area contributed by atoms with E-state index in [1.165, 1.54) is 18.2 Å². The summed E-state index contributed by atoms with van der Waals surface area (Å²) in [4.78, 5) is 21.5. The predicted molar refractivity (Wildman–Crippen MR) is 75.2 cm³/mol. The van der Waals surface area contributed by atoms with Crippen LogP contribution in [0.4, 0.5) is 11.4 Å². The number of rotatable bonds is 3. The van der Waals surface area contributed by atoms with Crippen LogP contribution in [0.1, 0.15) is 12.8 Å². The number of thiocarbonyl (C=S) groups is 1. The van der Waals surface area contributed by atoms with Crippen molar-refractivity contribution in [1.82, 2.24) is 5.32 Å². The summed E-state index contributed by atoms with van der Waals surface area (Å²) >= 11 is 10.9. The molecule has 0 heterocycles. The van der Waals surface area contributed by atoms with E-state index in [9.17, 15) is 14.9 Å². The molecule has 8 heteroatoms. The summed E-state index contributed by atoms with van der Waals surface area (Å²) in [6.07, 6.45) is 1.76. The Morgan fingerprint density at radius 2 is 2.16 bits per heavy atom. The van der Waals surface area contributed by atoms with Crippen molar-refractivity contribution in [3.63, 3.8) is 0 Å². The smallest absolute Gasteiger partial charge is 0.271 e. The van der Waals surface area contributed by atoms with E-state index in [-0.39, 0.29) is 27.6 Å². The van der Waals surface area contributed by atoms with Gasteiger partial charge in [0, 0.05) is 18.1 Å². The lowest BCUT2D eigenvalue weighted by Crippen LogP contribution is -2.35. The summed E-state index contributed by atoms with van der Waals surface area (Å²) in [6, 6.07) is 3.96. The number of halogens is 1. The molecule has 1 saturated carbocycles. The highest BCUT2D eigenvalue weighted by molar-refractivity contribution is 7.80. The van der Waals surface area contributed by atoms with Gasteiger partial charge in [-0.1, -0.05) is 11.6 Å². The SMILES string of the molecule is O=C(NC(=S)Nc1ccc([N+](=O)[O-])cc1Cl)C1CC1. The Hall–Kier alpha value is -1.73. The average Bonchev–Trinajstić information content (AvgIpc) is 3.15. The molecule has 0 aliphatic heterocycles. The first-order valence-corrected chi connectivity index (χ1v) is 6.32. The van der Waals surface area contributed by atoms with E-state index in [4.69, 9.17) is 23.8 Å². The third-order valence-electron chi connectivity index (χ3n) is 2.60. The Kier molecular flexibility index (Phi) is 3.96. The van der Waals surface area contributed by atoms with E-state index in [1.807, 2.05) is 0 Å². The van der Waals surface area contributed by atoms with Crippen LogP contribution in [0.25, 0.3) is 0 Å². The molecule has 1 amide bonds. The Morgan fingerprint density at radius 3 is 2.68 bits per heavy atom. The van der Waals surface area contributed by atoms with Gasteiger partial charge in [0.1, 0.15) is 0 Å². The van der Waals surface area contributed by atoms with E-state index in [1.54, 1.807) is 0 Å². The fourth-order valence-corrected chi connectivity index (χ4v) is 1.86. The lowest BCUT2D eigenvalue weighted by atomic mass is 10.3. The van der Waals surface area contributed by atoms with Crippen LogP contribution in [0.5, 0.6) is 0 Å². The molecule has 0 radical (unpaired) electrons. The molecule has 0 aromatic heterocycles. The van der Waals surface area contributed by atoms with E-state index in [0.29, 0.717) is 5.69 Å². The second kappa shape index (κ2) is 5.50. The minimum absolute atomic E-state index is 0.0482. The Bertz CT molecular complexity index is 560. The summed E-state index contributed by atoms with van der Waals surface area (Å²) in [7, 11) is 0. The van der Waals surface area contributed by atoms with Crippen LogP contribution in [-0.2, 0) is 4.79 Å². The first-order chi connectivity index (χ1) is 8.97. The Balaban J connectivity index is 2.00. The quantitative estimate of drug-likeness (QED) is 0.509. The van der Waals surface area contributed by atoms with Crippen LogP contribution in [-0.4, -0.2) is 15.9 Å². The molecule has 1 fully saturated rings. The normalized spacial score (nSPS) is 13.7. The Labute approximate surface area is 119 Å². The lowest BCUT2D eigenvalue weighted by Gasteiger charge is -2.10. The van der Waals surface area contributed by atoms with Crippen LogP contribution in [0.2, 0.25) is 5.02 Å². The summed E-state index contributed by atoms with van der Waals surface area (Å²) in [5, 5.41) is 16.1. The van der Waals surface area contributed by atoms with Gasteiger partial charge in [0.25, 0.3) is 5.69 Å². The molecule has 1 aliphatic carbocycles. The molecule has 0 atom stereocenters. The van der Waals surface area contributed by atoms with Crippen LogP contribution in [0, 0.1) is 16.0 Å². The molecule has 0 bridgehead atoms. The fraction of sp³-hybridized carbons (Fsp3) is 0.273. The van der Waals surface area contributed by atoms with Crippen molar-refractivity contribution >= 4 is 46.2 Å². The van der Waals surface area contributed by atoms with Gasteiger partial charge in [-0.05, 0) is 31.1 Å². The number of carbonyl (C=O) groups is 1. The summed E-state index contributed by atoms with van der Waals surface area (Å²) < 4.78 is 0. The largest absolute Gasteiger partial charge is 0.331 e. The third kappa shape index (κ3) is 3.62. The number of non-ortho nitro benzene ring substituents is 1. The van der Waals surface area contributed by atoms with Crippen LogP contribution in [0.3, 0.4) is 0 Å². The highest BCUT2D eigenvalue weighted by Gasteiger charge is 2.30. The summed E-state index contributed by atoms with van der Waals surface area (Å²) in [6.45, 7) is 0. The van der Waals surface area contributed by atoms with Gasteiger partial charge >= 0.3 is 0 Å². The van der Waals surface area contributed by atoms with Gasteiger partial charge in [-0.2, -0.15) is 0 Å². The van der Waals surface area contributed by atoms with E-state index in [0.717, 1.165) is 12.8 Å². The molecular formula is C11H10ClN3O3S. The van der Waals surface area contributed by atoms with Gasteiger partial charge in [-0.15, -0.1) is 0 Å². The zero-order valence-electron chi connectivity index (χ0n) is 9.68. The number of nitrogens with zero attached hydrogens (tertiary/aromatic N) is 1. The molecule has 1 aromatic carbocycles. The van der Waals surface area contributed by atoms with E-state index >= 15 is 0 Å². The maximum absolute atomic E-state index is 11.5. The fourth-order valence-electron chi connectivity index (χ4n) is 1.43. The highest BCUT2D eigenvalue weighted by atomic mass is 35.5. The molecule has 1 aliphatic rings. The number of anilines is 1. The average molecular weight is 300 g/mol. The van der Waals surface area contributed by atoms with Crippen molar-refractivity contribution < 1.29 is 9.72 Å². The van der Waals surface area contributed by atoms with Crippen LogP contribution >= 0.6 is 23.8 Å². The molecule has 2 N–H and O–H groups in total.